The van der Waals surface area contributed by atoms with Crippen LogP contribution in [0.5, 0.6) is 11.5 Å². The third-order valence-corrected chi connectivity index (χ3v) is 5.88. The molecule has 138 valence electrons. The molecule has 0 heterocycles. The summed E-state index contributed by atoms with van der Waals surface area (Å²) in [5.41, 5.74) is 8.08. The molecule has 0 N–H and O–H groups in total. The number of benzene rings is 3. The highest BCUT2D eigenvalue weighted by Crippen LogP contribution is 2.55. The third-order valence-electron chi connectivity index (χ3n) is 5.88. The van der Waals surface area contributed by atoms with Gasteiger partial charge in [-0.1, -0.05) is 60.7 Å². The molecule has 2 aliphatic carbocycles. The van der Waals surface area contributed by atoms with Gasteiger partial charge in [0.1, 0.15) is 11.5 Å². The highest BCUT2D eigenvalue weighted by atomic mass is 16.5. The second kappa shape index (κ2) is 6.72. The van der Waals surface area contributed by atoms with Crippen LogP contribution in [-0.4, -0.2) is 14.2 Å². The third kappa shape index (κ3) is 2.56. The molecule has 0 amide bonds. The van der Waals surface area contributed by atoms with E-state index in [2.05, 4.69) is 60.7 Å². The number of rotatable bonds is 4. The van der Waals surface area contributed by atoms with Crippen molar-refractivity contribution in [3.05, 3.63) is 113 Å². The van der Waals surface area contributed by atoms with Gasteiger partial charge in [-0.2, -0.15) is 0 Å². The SMILES string of the molecule is COc1ccc(C(=C2C3C=CC2c2ccccc23)c2ccc(OC)cc2)cc1. The first-order chi connectivity index (χ1) is 13.8. The van der Waals surface area contributed by atoms with E-state index in [4.69, 9.17) is 9.47 Å². The lowest BCUT2D eigenvalue weighted by Crippen LogP contribution is -1.99. The smallest absolute Gasteiger partial charge is 0.118 e. The molecule has 2 heteroatoms. The van der Waals surface area contributed by atoms with Crippen molar-refractivity contribution in [2.75, 3.05) is 14.2 Å². The molecule has 0 radical (unpaired) electrons. The summed E-state index contributed by atoms with van der Waals surface area (Å²) in [7, 11) is 3.41. The van der Waals surface area contributed by atoms with Crippen LogP contribution in [0.3, 0.4) is 0 Å². The maximum absolute atomic E-state index is 5.37. The number of hydrogen-bond donors (Lipinski definition) is 0. The molecule has 0 saturated heterocycles. The van der Waals surface area contributed by atoms with Crippen LogP contribution in [0.25, 0.3) is 5.57 Å². The van der Waals surface area contributed by atoms with Gasteiger partial charge in [-0.05, 0) is 57.7 Å². The Kier molecular flexibility index (Phi) is 4.05. The number of methoxy groups -OCH3 is 2. The second-order valence-electron chi connectivity index (χ2n) is 7.26. The fourth-order valence-corrected chi connectivity index (χ4v) is 4.57. The quantitative estimate of drug-likeness (QED) is 0.531. The topological polar surface area (TPSA) is 18.5 Å². The van der Waals surface area contributed by atoms with Gasteiger partial charge in [-0.15, -0.1) is 0 Å². The van der Waals surface area contributed by atoms with Gasteiger partial charge in [0.2, 0.25) is 0 Å². The lowest BCUT2D eigenvalue weighted by atomic mass is 9.86. The predicted molar refractivity (Wildman–Crippen MR) is 113 cm³/mol. The van der Waals surface area contributed by atoms with E-state index in [9.17, 15) is 0 Å². The van der Waals surface area contributed by atoms with Gasteiger partial charge >= 0.3 is 0 Å². The Balaban J connectivity index is 1.72. The molecule has 28 heavy (non-hydrogen) atoms. The second-order valence-corrected chi connectivity index (χ2v) is 7.26. The van der Waals surface area contributed by atoms with Gasteiger partial charge in [0, 0.05) is 11.8 Å². The van der Waals surface area contributed by atoms with Gasteiger partial charge in [0.25, 0.3) is 0 Å². The fourth-order valence-electron chi connectivity index (χ4n) is 4.57. The van der Waals surface area contributed by atoms with Crippen LogP contribution in [-0.2, 0) is 0 Å². The monoisotopic (exact) mass is 366 g/mol. The summed E-state index contributed by atoms with van der Waals surface area (Å²) in [6.07, 6.45) is 4.71. The number of ether oxygens (including phenoxy) is 2. The van der Waals surface area contributed by atoms with Gasteiger partial charge in [0.15, 0.2) is 0 Å². The minimum Gasteiger partial charge on any atom is -0.497 e. The van der Waals surface area contributed by atoms with Crippen LogP contribution < -0.4 is 9.47 Å². The minimum absolute atomic E-state index is 0.348. The molecule has 3 aromatic rings. The zero-order valence-electron chi connectivity index (χ0n) is 16.1. The first kappa shape index (κ1) is 16.9. The predicted octanol–water partition coefficient (Wildman–Crippen LogP) is 5.96. The average Bonchev–Trinajstić information content (AvgIpc) is 3.32. The summed E-state index contributed by atoms with van der Waals surface area (Å²) in [5.74, 6) is 2.44. The minimum atomic E-state index is 0.348. The van der Waals surface area contributed by atoms with Crippen LogP contribution in [0, 0.1) is 0 Å². The summed E-state index contributed by atoms with van der Waals surface area (Å²) >= 11 is 0. The standard InChI is InChI=1S/C26H22O2/c1-27-19-11-7-17(8-12-19)25(18-9-13-20(28-2)14-10-18)26-23-15-16-24(26)22-6-4-3-5-21(22)23/h3-16,23-24H,1-2H3. The van der Waals surface area contributed by atoms with Gasteiger partial charge in [-0.25, -0.2) is 0 Å². The molecule has 2 aliphatic rings. The Hall–Kier alpha value is -3.26. The average molecular weight is 366 g/mol. The van der Waals surface area contributed by atoms with Crippen molar-refractivity contribution in [2.45, 2.75) is 11.8 Å². The number of allylic oxidation sites excluding steroid dienone is 3. The highest BCUT2D eigenvalue weighted by molar-refractivity contribution is 5.87. The number of fused-ring (bicyclic) bond motifs is 5. The summed E-state index contributed by atoms with van der Waals surface area (Å²) < 4.78 is 10.7. The van der Waals surface area contributed by atoms with Crippen molar-refractivity contribution in [1.82, 2.24) is 0 Å². The lowest BCUT2D eigenvalue weighted by molar-refractivity contribution is 0.414. The molecular formula is C26H22O2. The maximum Gasteiger partial charge on any atom is 0.118 e. The van der Waals surface area contributed by atoms with Crippen LogP contribution in [0.15, 0.2) is 90.5 Å². The molecule has 0 aliphatic heterocycles. The Morgan fingerprint density at radius 1 is 0.607 bits per heavy atom. The van der Waals surface area contributed by atoms with Crippen molar-refractivity contribution >= 4 is 5.57 Å². The van der Waals surface area contributed by atoms with Gasteiger partial charge in [-0.3, -0.25) is 0 Å². The van der Waals surface area contributed by atoms with E-state index in [0.29, 0.717) is 11.8 Å². The summed E-state index contributed by atoms with van der Waals surface area (Å²) in [6.45, 7) is 0. The first-order valence-electron chi connectivity index (χ1n) is 9.60. The van der Waals surface area contributed by atoms with E-state index < -0.39 is 0 Å². The molecule has 0 saturated carbocycles. The van der Waals surface area contributed by atoms with Crippen molar-refractivity contribution < 1.29 is 9.47 Å². The summed E-state index contributed by atoms with van der Waals surface area (Å²) in [4.78, 5) is 0. The van der Waals surface area contributed by atoms with E-state index in [1.165, 1.54) is 33.4 Å². The molecule has 2 unspecified atom stereocenters. The van der Waals surface area contributed by atoms with Gasteiger partial charge < -0.3 is 9.47 Å². The molecule has 2 atom stereocenters. The molecule has 5 rings (SSSR count). The summed E-state index contributed by atoms with van der Waals surface area (Å²) in [6, 6.07) is 25.6. The molecule has 2 nitrogen and oxygen atoms in total. The Morgan fingerprint density at radius 2 is 1.04 bits per heavy atom. The first-order valence-corrected chi connectivity index (χ1v) is 9.60. The molecule has 3 aromatic carbocycles. The van der Waals surface area contributed by atoms with Crippen LogP contribution >= 0.6 is 0 Å². The lowest BCUT2D eigenvalue weighted by Gasteiger charge is -2.17. The largest absolute Gasteiger partial charge is 0.497 e. The normalized spacial score (nSPS) is 18.9. The zero-order valence-corrected chi connectivity index (χ0v) is 16.1. The van der Waals surface area contributed by atoms with Crippen molar-refractivity contribution in [3.8, 4) is 11.5 Å². The zero-order chi connectivity index (χ0) is 19.1. The van der Waals surface area contributed by atoms with E-state index in [1.54, 1.807) is 14.2 Å². The number of hydrogen-bond acceptors (Lipinski definition) is 2. The van der Waals surface area contributed by atoms with E-state index in [1.807, 2.05) is 24.3 Å². The molecule has 2 bridgehead atoms. The summed E-state index contributed by atoms with van der Waals surface area (Å²) in [5, 5.41) is 0. The van der Waals surface area contributed by atoms with E-state index >= 15 is 0 Å². The highest BCUT2D eigenvalue weighted by Gasteiger charge is 2.39. The maximum atomic E-state index is 5.37. The molecule has 0 aromatic heterocycles. The van der Waals surface area contributed by atoms with E-state index in [-0.39, 0.29) is 0 Å². The molecule has 0 spiro atoms. The molecule has 0 fully saturated rings. The Morgan fingerprint density at radius 3 is 1.43 bits per heavy atom. The van der Waals surface area contributed by atoms with Crippen LogP contribution in [0.4, 0.5) is 0 Å². The fraction of sp³-hybridized carbons (Fsp3) is 0.154. The van der Waals surface area contributed by atoms with Gasteiger partial charge in [0.05, 0.1) is 14.2 Å². The Bertz CT molecular complexity index is 988. The van der Waals surface area contributed by atoms with Crippen molar-refractivity contribution in [1.29, 1.82) is 0 Å². The van der Waals surface area contributed by atoms with Crippen molar-refractivity contribution in [2.24, 2.45) is 0 Å². The van der Waals surface area contributed by atoms with Crippen LogP contribution in [0.2, 0.25) is 0 Å². The van der Waals surface area contributed by atoms with E-state index in [0.717, 1.165) is 11.5 Å². The van der Waals surface area contributed by atoms with Crippen molar-refractivity contribution in [3.63, 3.8) is 0 Å². The Labute approximate surface area is 165 Å². The van der Waals surface area contributed by atoms with Crippen LogP contribution in [0.1, 0.15) is 34.1 Å². The molecular weight excluding hydrogens is 344 g/mol.